The van der Waals surface area contributed by atoms with E-state index in [0.717, 1.165) is 11.8 Å². The van der Waals surface area contributed by atoms with Crippen LogP contribution in [0.5, 0.6) is 0 Å². The minimum absolute atomic E-state index is 0.558. The van der Waals surface area contributed by atoms with E-state index in [1.165, 1.54) is 25.3 Å². The van der Waals surface area contributed by atoms with Crippen LogP contribution in [0.25, 0.3) is 0 Å². The highest BCUT2D eigenvalue weighted by atomic mass is 16.4. The van der Waals surface area contributed by atoms with Crippen molar-refractivity contribution >= 4 is 5.97 Å². The summed E-state index contributed by atoms with van der Waals surface area (Å²) in [6.07, 6.45) is 6.62. The summed E-state index contributed by atoms with van der Waals surface area (Å²) in [7, 11) is 0. The number of nitrogens with one attached hydrogen (secondary N) is 1. The second kappa shape index (κ2) is 5.91. The highest BCUT2D eigenvalue weighted by Gasteiger charge is 2.22. The van der Waals surface area contributed by atoms with Gasteiger partial charge in [-0.3, -0.25) is 0 Å². The Hall–Kier alpha value is -0.830. The Balaban J connectivity index is 2.23. The maximum Gasteiger partial charge on any atom is 0.328 e. The van der Waals surface area contributed by atoms with Crippen molar-refractivity contribution in [3.8, 4) is 0 Å². The molecule has 0 saturated heterocycles. The molecule has 1 aliphatic carbocycles. The number of carboxylic acids is 1. The highest BCUT2D eigenvalue weighted by molar-refractivity contribution is 5.79. The van der Waals surface area contributed by atoms with Crippen molar-refractivity contribution < 1.29 is 9.90 Å². The van der Waals surface area contributed by atoms with Crippen LogP contribution in [0.2, 0.25) is 0 Å². The monoisotopic (exact) mass is 211 g/mol. The van der Waals surface area contributed by atoms with Crippen LogP contribution in [0, 0.1) is 11.8 Å². The van der Waals surface area contributed by atoms with Crippen molar-refractivity contribution in [3.05, 3.63) is 12.2 Å². The highest BCUT2D eigenvalue weighted by Crippen LogP contribution is 2.28. The Bertz CT molecular complexity index is 228. The van der Waals surface area contributed by atoms with Crippen molar-refractivity contribution in [2.75, 3.05) is 6.54 Å². The number of carbonyl (C=O) groups is 1. The van der Waals surface area contributed by atoms with E-state index in [1.54, 1.807) is 6.08 Å². The van der Waals surface area contributed by atoms with Crippen molar-refractivity contribution in [3.63, 3.8) is 0 Å². The largest absolute Gasteiger partial charge is 0.478 e. The van der Waals surface area contributed by atoms with E-state index in [-0.39, 0.29) is 0 Å². The average molecular weight is 211 g/mol. The Morgan fingerprint density at radius 2 is 1.93 bits per heavy atom. The van der Waals surface area contributed by atoms with Crippen LogP contribution in [-0.2, 0) is 4.79 Å². The molecule has 0 radical (unpaired) electrons. The van der Waals surface area contributed by atoms with Gasteiger partial charge in [0.1, 0.15) is 0 Å². The number of aliphatic carboxylic acids is 1. The second-order valence-electron chi connectivity index (χ2n) is 4.76. The third-order valence-corrected chi connectivity index (χ3v) is 2.96. The number of hydrogen-bond donors (Lipinski definition) is 2. The standard InChI is InChI=1S/C12H21NO2/c1-9-6-10(2)8-11(7-9)13-5-3-4-12(14)15/h3-4,9-11,13H,5-8H2,1-2H3,(H,14,15)/b4-3+. The van der Waals surface area contributed by atoms with Crippen molar-refractivity contribution in [1.29, 1.82) is 0 Å². The van der Waals surface area contributed by atoms with Gasteiger partial charge in [-0.15, -0.1) is 0 Å². The predicted octanol–water partition coefficient (Wildman–Crippen LogP) is 2.04. The molecule has 0 aromatic carbocycles. The summed E-state index contributed by atoms with van der Waals surface area (Å²) in [6.45, 7) is 5.24. The molecule has 1 fully saturated rings. The summed E-state index contributed by atoms with van der Waals surface area (Å²) >= 11 is 0. The minimum Gasteiger partial charge on any atom is -0.478 e. The number of carboxylic acid groups (broad SMARTS) is 1. The van der Waals surface area contributed by atoms with Crippen molar-refractivity contribution in [1.82, 2.24) is 5.32 Å². The Kier molecular flexibility index (Phi) is 4.82. The van der Waals surface area contributed by atoms with E-state index in [4.69, 9.17) is 5.11 Å². The van der Waals surface area contributed by atoms with Gasteiger partial charge in [0.2, 0.25) is 0 Å². The lowest BCUT2D eigenvalue weighted by Crippen LogP contribution is -2.36. The molecule has 0 spiro atoms. The molecular formula is C12H21NO2. The molecule has 2 atom stereocenters. The van der Waals surface area contributed by atoms with Gasteiger partial charge in [0.15, 0.2) is 0 Å². The Morgan fingerprint density at radius 3 is 2.47 bits per heavy atom. The fraction of sp³-hybridized carbons (Fsp3) is 0.750. The third kappa shape index (κ3) is 4.98. The molecule has 0 amide bonds. The van der Waals surface area contributed by atoms with Gasteiger partial charge in [0, 0.05) is 18.7 Å². The lowest BCUT2D eigenvalue weighted by atomic mass is 9.80. The lowest BCUT2D eigenvalue weighted by molar-refractivity contribution is -0.131. The maximum atomic E-state index is 10.2. The van der Waals surface area contributed by atoms with Gasteiger partial charge in [-0.25, -0.2) is 4.79 Å². The van der Waals surface area contributed by atoms with Gasteiger partial charge in [0.05, 0.1) is 0 Å². The molecular weight excluding hydrogens is 190 g/mol. The van der Waals surface area contributed by atoms with E-state index < -0.39 is 5.97 Å². The molecule has 1 saturated carbocycles. The first kappa shape index (κ1) is 12.2. The van der Waals surface area contributed by atoms with Crippen LogP contribution in [-0.4, -0.2) is 23.7 Å². The smallest absolute Gasteiger partial charge is 0.328 e. The summed E-state index contributed by atoms with van der Waals surface area (Å²) in [5.41, 5.74) is 0. The molecule has 3 heteroatoms. The lowest BCUT2D eigenvalue weighted by Gasteiger charge is -2.31. The SMILES string of the molecule is CC1CC(C)CC(NC/C=C/C(=O)O)C1. The molecule has 0 bridgehead atoms. The zero-order chi connectivity index (χ0) is 11.3. The van der Waals surface area contributed by atoms with Gasteiger partial charge in [-0.2, -0.15) is 0 Å². The van der Waals surface area contributed by atoms with Crippen LogP contribution in [0.1, 0.15) is 33.1 Å². The van der Waals surface area contributed by atoms with Gasteiger partial charge in [-0.05, 0) is 31.1 Å². The van der Waals surface area contributed by atoms with Crippen LogP contribution in [0.3, 0.4) is 0 Å². The molecule has 0 aromatic rings. The molecule has 1 rings (SSSR count). The first-order chi connectivity index (χ1) is 7.08. The van der Waals surface area contributed by atoms with E-state index in [2.05, 4.69) is 19.2 Å². The molecule has 0 aliphatic heterocycles. The molecule has 1 aliphatic rings. The third-order valence-electron chi connectivity index (χ3n) is 2.96. The van der Waals surface area contributed by atoms with Gasteiger partial charge >= 0.3 is 5.97 Å². The fourth-order valence-corrected chi connectivity index (χ4v) is 2.51. The van der Waals surface area contributed by atoms with Gasteiger partial charge < -0.3 is 10.4 Å². The van der Waals surface area contributed by atoms with E-state index in [9.17, 15) is 4.79 Å². The van der Waals surface area contributed by atoms with Gasteiger partial charge in [-0.1, -0.05) is 19.9 Å². The van der Waals surface area contributed by atoms with Crippen LogP contribution < -0.4 is 5.32 Å². The second-order valence-corrected chi connectivity index (χ2v) is 4.76. The zero-order valence-corrected chi connectivity index (χ0v) is 9.57. The van der Waals surface area contributed by atoms with Crippen LogP contribution in [0.4, 0.5) is 0 Å². The first-order valence-electron chi connectivity index (χ1n) is 5.70. The number of hydrogen-bond acceptors (Lipinski definition) is 2. The quantitative estimate of drug-likeness (QED) is 0.700. The molecule has 3 nitrogen and oxygen atoms in total. The Morgan fingerprint density at radius 1 is 1.33 bits per heavy atom. The van der Waals surface area contributed by atoms with E-state index >= 15 is 0 Å². The summed E-state index contributed by atoms with van der Waals surface area (Å²) in [5, 5.41) is 11.8. The van der Waals surface area contributed by atoms with E-state index in [1.807, 2.05) is 0 Å². The molecule has 0 heterocycles. The molecule has 15 heavy (non-hydrogen) atoms. The van der Waals surface area contributed by atoms with Crippen molar-refractivity contribution in [2.24, 2.45) is 11.8 Å². The molecule has 2 N–H and O–H groups in total. The summed E-state index contributed by atoms with van der Waals surface area (Å²) in [6, 6.07) is 0.558. The molecule has 2 unspecified atom stereocenters. The average Bonchev–Trinajstić information content (AvgIpc) is 2.10. The first-order valence-corrected chi connectivity index (χ1v) is 5.70. The zero-order valence-electron chi connectivity index (χ0n) is 9.57. The summed E-state index contributed by atoms with van der Waals surface area (Å²) in [4.78, 5) is 10.2. The van der Waals surface area contributed by atoms with Crippen LogP contribution in [0.15, 0.2) is 12.2 Å². The fourth-order valence-electron chi connectivity index (χ4n) is 2.51. The maximum absolute atomic E-state index is 10.2. The molecule has 86 valence electrons. The predicted molar refractivity (Wildman–Crippen MR) is 60.7 cm³/mol. The normalized spacial score (nSPS) is 32.0. The van der Waals surface area contributed by atoms with Crippen molar-refractivity contribution in [2.45, 2.75) is 39.2 Å². The topological polar surface area (TPSA) is 49.3 Å². The minimum atomic E-state index is -0.873. The van der Waals surface area contributed by atoms with Crippen LogP contribution >= 0.6 is 0 Å². The van der Waals surface area contributed by atoms with Gasteiger partial charge in [0.25, 0.3) is 0 Å². The molecule has 0 aromatic heterocycles. The Labute approximate surface area is 91.6 Å². The summed E-state index contributed by atoms with van der Waals surface area (Å²) in [5.74, 6) is 0.701. The summed E-state index contributed by atoms with van der Waals surface area (Å²) < 4.78 is 0. The number of rotatable bonds is 4. The van der Waals surface area contributed by atoms with E-state index in [0.29, 0.717) is 12.6 Å².